The van der Waals surface area contributed by atoms with E-state index in [2.05, 4.69) is 14.7 Å². The molecule has 0 spiro atoms. The first-order valence-electron chi connectivity index (χ1n) is 9.13. The van der Waals surface area contributed by atoms with E-state index in [1.807, 2.05) is 0 Å². The number of carbonyl (C=O) groups is 2. The van der Waals surface area contributed by atoms with Gasteiger partial charge >= 0.3 is 12.1 Å². The molecule has 0 saturated carbocycles. The van der Waals surface area contributed by atoms with Crippen LogP contribution in [0, 0.1) is 6.92 Å². The molecule has 0 unspecified atom stereocenters. The largest absolute Gasteiger partial charge is 0.465 e. The Morgan fingerprint density at radius 1 is 1.13 bits per heavy atom. The molecule has 1 aliphatic heterocycles. The minimum atomic E-state index is -4.68. The van der Waals surface area contributed by atoms with Crippen molar-refractivity contribution in [1.82, 2.24) is 14.7 Å². The van der Waals surface area contributed by atoms with Crippen molar-refractivity contribution < 1.29 is 27.5 Å². The Morgan fingerprint density at radius 2 is 1.73 bits per heavy atom. The first-order valence-corrected chi connectivity index (χ1v) is 9.51. The lowest BCUT2D eigenvalue weighted by Gasteiger charge is -2.36. The summed E-state index contributed by atoms with van der Waals surface area (Å²) in [5.41, 5.74) is 0.261. The molecule has 1 fully saturated rings. The summed E-state index contributed by atoms with van der Waals surface area (Å²) in [7, 11) is 1.31. The maximum absolute atomic E-state index is 12.9. The van der Waals surface area contributed by atoms with Crippen molar-refractivity contribution in [3.63, 3.8) is 0 Å². The highest BCUT2D eigenvalue weighted by atomic mass is 35.5. The van der Waals surface area contributed by atoms with E-state index in [9.17, 15) is 22.8 Å². The van der Waals surface area contributed by atoms with Gasteiger partial charge in [0, 0.05) is 31.9 Å². The molecule has 11 heteroatoms. The molecule has 0 N–H and O–H groups in total. The van der Waals surface area contributed by atoms with Crippen LogP contribution in [0.2, 0.25) is 5.02 Å². The third-order valence-corrected chi connectivity index (χ3v) is 5.43. The standard InChI is InChI=1S/C19H20ClF3N4O3/c1-12-16(20)17(19(21,22)23)24-27(12)11-15(28)26-9-7-25(8-10-26)14-5-3-13(4-6-14)18(29)30-2/h3-6H,7-11H2,1-2H3. The van der Waals surface area contributed by atoms with Crippen LogP contribution >= 0.6 is 11.6 Å². The van der Waals surface area contributed by atoms with Crippen LogP contribution in [0.3, 0.4) is 0 Å². The summed E-state index contributed by atoms with van der Waals surface area (Å²) < 4.78 is 44.5. The monoisotopic (exact) mass is 444 g/mol. The molecule has 162 valence electrons. The number of carbonyl (C=O) groups excluding carboxylic acids is 2. The third-order valence-electron chi connectivity index (χ3n) is 4.97. The minimum Gasteiger partial charge on any atom is -0.465 e. The van der Waals surface area contributed by atoms with Crippen LogP contribution in [0.1, 0.15) is 21.7 Å². The Kier molecular flexibility index (Phi) is 6.25. The van der Waals surface area contributed by atoms with Crippen LogP contribution in [0.5, 0.6) is 0 Å². The highest BCUT2D eigenvalue weighted by Gasteiger charge is 2.38. The zero-order chi connectivity index (χ0) is 22.1. The lowest BCUT2D eigenvalue weighted by atomic mass is 10.2. The van der Waals surface area contributed by atoms with E-state index >= 15 is 0 Å². The molecular weight excluding hydrogens is 425 g/mol. The van der Waals surface area contributed by atoms with E-state index in [0.29, 0.717) is 31.7 Å². The normalized spacial score (nSPS) is 14.7. The first-order chi connectivity index (χ1) is 14.1. The minimum absolute atomic E-state index is 0.0988. The van der Waals surface area contributed by atoms with Gasteiger partial charge in [-0.3, -0.25) is 9.48 Å². The zero-order valence-corrected chi connectivity index (χ0v) is 17.1. The van der Waals surface area contributed by atoms with Gasteiger partial charge in [0.05, 0.1) is 23.4 Å². The second-order valence-corrected chi connectivity index (χ2v) is 7.19. The van der Waals surface area contributed by atoms with Crippen molar-refractivity contribution in [2.45, 2.75) is 19.6 Å². The third kappa shape index (κ3) is 4.53. The van der Waals surface area contributed by atoms with Crippen LogP contribution in [0.4, 0.5) is 18.9 Å². The Hall–Kier alpha value is -2.75. The van der Waals surface area contributed by atoms with Gasteiger partial charge in [-0.2, -0.15) is 18.3 Å². The molecule has 0 radical (unpaired) electrons. The summed E-state index contributed by atoms with van der Waals surface area (Å²) in [6, 6.07) is 6.94. The summed E-state index contributed by atoms with van der Waals surface area (Å²) >= 11 is 5.73. The number of ether oxygens (including phenoxy) is 1. The van der Waals surface area contributed by atoms with Gasteiger partial charge in [0.1, 0.15) is 6.54 Å². The number of hydrogen-bond acceptors (Lipinski definition) is 5. The number of alkyl halides is 3. The Labute approximate surface area is 175 Å². The SMILES string of the molecule is COC(=O)c1ccc(N2CCN(C(=O)Cn3nc(C(F)(F)F)c(Cl)c3C)CC2)cc1. The lowest BCUT2D eigenvalue weighted by molar-refractivity contribution is -0.142. The maximum atomic E-state index is 12.9. The molecule has 0 atom stereocenters. The number of anilines is 1. The molecular formula is C19H20ClF3N4O3. The molecule has 1 aromatic carbocycles. The van der Waals surface area contributed by atoms with Gasteiger partial charge in [0.2, 0.25) is 5.91 Å². The molecule has 7 nitrogen and oxygen atoms in total. The lowest BCUT2D eigenvalue weighted by Crippen LogP contribution is -2.49. The van der Waals surface area contributed by atoms with Crippen LogP contribution in [-0.2, 0) is 22.3 Å². The number of piperazine rings is 1. The molecule has 1 aromatic heterocycles. The Bertz CT molecular complexity index is 936. The predicted molar refractivity (Wildman–Crippen MR) is 104 cm³/mol. The number of benzene rings is 1. The summed E-state index contributed by atoms with van der Waals surface area (Å²) in [6.07, 6.45) is -4.68. The molecule has 1 amide bonds. The smallest absolute Gasteiger partial charge is 0.436 e. The number of rotatable bonds is 4. The maximum Gasteiger partial charge on any atom is 0.436 e. The van der Waals surface area contributed by atoms with Crippen LogP contribution in [0.15, 0.2) is 24.3 Å². The molecule has 2 aromatic rings. The number of hydrogen-bond donors (Lipinski definition) is 0. The van der Waals surface area contributed by atoms with Crippen molar-refractivity contribution in [1.29, 1.82) is 0 Å². The second-order valence-electron chi connectivity index (χ2n) is 6.81. The van der Waals surface area contributed by atoms with E-state index < -0.39 is 22.9 Å². The summed E-state index contributed by atoms with van der Waals surface area (Å²) in [6.45, 7) is 3.02. The van der Waals surface area contributed by atoms with Gasteiger partial charge in [-0.1, -0.05) is 11.6 Å². The topological polar surface area (TPSA) is 67.7 Å². The molecule has 3 rings (SSSR count). The fourth-order valence-corrected chi connectivity index (χ4v) is 3.47. The van der Waals surface area contributed by atoms with Crippen LogP contribution < -0.4 is 4.90 Å². The summed E-state index contributed by atoms with van der Waals surface area (Å²) in [5.74, 6) is -0.744. The van der Waals surface area contributed by atoms with Crippen LogP contribution in [0.25, 0.3) is 0 Å². The quantitative estimate of drug-likeness (QED) is 0.678. The molecule has 1 aliphatic rings. The van der Waals surface area contributed by atoms with Crippen molar-refractivity contribution >= 4 is 29.2 Å². The van der Waals surface area contributed by atoms with Gasteiger partial charge in [0.25, 0.3) is 0 Å². The zero-order valence-electron chi connectivity index (χ0n) is 16.4. The van der Waals surface area contributed by atoms with Crippen molar-refractivity contribution in [3.8, 4) is 0 Å². The number of nitrogens with zero attached hydrogens (tertiary/aromatic N) is 4. The predicted octanol–water partition coefficient (Wildman–Crippen LogP) is 3.00. The molecule has 30 heavy (non-hydrogen) atoms. The van der Waals surface area contributed by atoms with E-state index in [1.165, 1.54) is 14.0 Å². The van der Waals surface area contributed by atoms with Gasteiger partial charge in [-0.25, -0.2) is 4.79 Å². The van der Waals surface area contributed by atoms with E-state index in [1.54, 1.807) is 29.2 Å². The summed E-state index contributed by atoms with van der Waals surface area (Å²) in [5, 5.41) is 2.98. The van der Waals surface area contributed by atoms with E-state index in [4.69, 9.17) is 11.6 Å². The van der Waals surface area contributed by atoms with Gasteiger partial charge in [0.15, 0.2) is 5.69 Å². The fourth-order valence-electron chi connectivity index (χ4n) is 3.23. The highest BCUT2D eigenvalue weighted by Crippen LogP contribution is 2.35. The molecule has 0 bridgehead atoms. The number of halogens is 4. The molecule has 0 aliphatic carbocycles. The average molecular weight is 445 g/mol. The number of aromatic nitrogens is 2. The Balaban J connectivity index is 1.60. The van der Waals surface area contributed by atoms with Crippen molar-refractivity contribution in [2.75, 3.05) is 38.2 Å². The number of amides is 1. The number of esters is 1. The average Bonchev–Trinajstić information content (AvgIpc) is 3.02. The van der Waals surface area contributed by atoms with Gasteiger partial charge < -0.3 is 14.5 Å². The molecule has 1 saturated heterocycles. The molecule has 2 heterocycles. The van der Waals surface area contributed by atoms with E-state index in [0.717, 1.165) is 10.4 Å². The van der Waals surface area contributed by atoms with Crippen molar-refractivity contribution in [2.24, 2.45) is 0 Å². The van der Waals surface area contributed by atoms with Gasteiger partial charge in [-0.05, 0) is 31.2 Å². The second kappa shape index (κ2) is 8.55. The van der Waals surface area contributed by atoms with E-state index in [-0.39, 0.29) is 18.1 Å². The van der Waals surface area contributed by atoms with Crippen molar-refractivity contribution in [3.05, 3.63) is 46.2 Å². The fraction of sp³-hybridized carbons (Fsp3) is 0.421. The Morgan fingerprint density at radius 3 is 2.23 bits per heavy atom. The van der Waals surface area contributed by atoms with Gasteiger partial charge in [-0.15, -0.1) is 0 Å². The van der Waals surface area contributed by atoms with Crippen LogP contribution in [-0.4, -0.2) is 59.8 Å². The first kappa shape index (κ1) is 21.9. The highest BCUT2D eigenvalue weighted by molar-refractivity contribution is 6.32. The summed E-state index contributed by atoms with van der Waals surface area (Å²) in [4.78, 5) is 27.7. The number of methoxy groups -OCH3 is 1.